The number of esters is 1. The second-order valence-corrected chi connectivity index (χ2v) is 6.91. The van der Waals surface area contributed by atoms with Crippen LogP contribution in [0.2, 0.25) is 5.02 Å². The Morgan fingerprint density at radius 3 is 2.30 bits per heavy atom. The highest BCUT2D eigenvalue weighted by Crippen LogP contribution is 2.34. The lowest BCUT2D eigenvalue weighted by Gasteiger charge is -2.23. The van der Waals surface area contributed by atoms with Crippen molar-refractivity contribution in [3.05, 3.63) is 22.7 Å². The molecule has 1 aromatic rings. The number of benzene rings is 1. The number of halogens is 1. The molecule has 0 bridgehead atoms. The summed E-state index contributed by atoms with van der Waals surface area (Å²) in [6.45, 7) is 1.21. The number of carboxylic acid groups (broad SMARTS) is 1. The molecule has 23 heavy (non-hydrogen) atoms. The van der Waals surface area contributed by atoms with Crippen molar-refractivity contribution in [2.24, 2.45) is 0 Å². The minimum atomic E-state index is -4.28. The maximum atomic E-state index is 12.6. The van der Waals surface area contributed by atoms with Gasteiger partial charge < -0.3 is 14.6 Å². The molecule has 128 valence electrons. The summed E-state index contributed by atoms with van der Waals surface area (Å²) in [6.07, 6.45) is 0. The van der Waals surface area contributed by atoms with Gasteiger partial charge >= 0.3 is 11.9 Å². The average molecular weight is 366 g/mol. The minimum absolute atomic E-state index is 0.0406. The smallest absolute Gasteiger partial charge is 0.341 e. The maximum Gasteiger partial charge on any atom is 0.341 e. The maximum absolute atomic E-state index is 12.6. The Morgan fingerprint density at radius 1 is 1.30 bits per heavy atom. The van der Waals surface area contributed by atoms with Crippen molar-refractivity contribution in [2.45, 2.75) is 17.9 Å². The van der Waals surface area contributed by atoms with Crippen LogP contribution < -0.4 is 4.74 Å². The fourth-order valence-electron chi connectivity index (χ4n) is 1.75. The van der Waals surface area contributed by atoms with E-state index in [-0.39, 0.29) is 16.3 Å². The van der Waals surface area contributed by atoms with Crippen molar-refractivity contribution >= 4 is 33.6 Å². The molecule has 0 saturated heterocycles. The second-order valence-electron chi connectivity index (χ2n) is 4.51. The van der Waals surface area contributed by atoms with Crippen LogP contribution in [-0.4, -0.2) is 57.1 Å². The van der Waals surface area contributed by atoms with E-state index in [1.807, 2.05) is 0 Å². The van der Waals surface area contributed by atoms with Crippen LogP contribution in [0.5, 0.6) is 5.75 Å². The Hall–Kier alpha value is -1.84. The number of nitrogens with zero attached hydrogens (tertiary/aromatic N) is 1. The molecular formula is C13H16ClNO7S. The Bertz CT molecular complexity index is 732. The van der Waals surface area contributed by atoms with Crippen LogP contribution in [-0.2, 0) is 19.6 Å². The number of rotatable bonds is 6. The molecule has 10 heteroatoms. The molecule has 1 rings (SSSR count). The molecule has 8 nitrogen and oxygen atoms in total. The predicted octanol–water partition coefficient (Wildman–Crippen LogP) is 1.23. The summed E-state index contributed by atoms with van der Waals surface area (Å²) >= 11 is 5.87. The monoisotopic (exact) mass is 365 g/mol. The van der Waals surface area contributed by atoms with E-state index in [0.717, 1.165) is 20.2 Å². The molecule has 0 aliphatic heterocycles. The number of ether oxygens (including phenoxy) is 2. The molecule has 0 heterocycles. The summed E-state index contributed by atoms with van der Waals surface area (Å²) in [7, 11) is -0.878. The minimum Gasteiger partial charge on any atom is -0.494 e. The van der Waals surface area contributed by atoms with Gasteiger partial charge in [0.1, 0.15) is 16.5 Å². The second kappa shape index (κ2) is 7.16. The summed E-state index contributed by atoms with van der Waals surface area (Å²) < 4.78 is 35.5. The van der Waals surface area contributed by atoms with Gasteiger partial charge in [-0.1, -0.05) is 11.6 Å². The summed E-state index contributed by atoms with van der Waals surface area (Å²) in [6, 6.07) is 0.948. The van der Waals surface area contributed by atoms with E-state index in [9.17, 15) is 18.0 Å². The van der Waals surface area contributed by atoms with E-state index in [1.165, 1.54) is 20.1 Å². The number of likely N-dealkylation sites (N-methyl/N-ethyl adjacent to an activating group) is 1. The fraction of sp³-hybridized carbons (Fsp3) is 0.385. The van der Waals surface area contributed by atoms with E-state index < -0.39 is 32.9 Å². The zero-order valence-corrected chi connectivity index (χ0v) is 14.4. The third-order valence-corrected chi connectivity index (χ3v) is 5.34. The molecular weight excluding hydrogens is 350 g/mol. The zero-order valence-electron chi connectivity index (χ0n) is 12.9. The fourth-order valence-corrected chi connectivity index (χ4v) is 3.55. The van der Waals surface area contributed by atoms with Crippen LogP contribution in [0, 0.1) is 0 Å². The Morgan fingerprint density at radius 2 is 1.87 bits per heavy atom. The lowest BCUT2D eigenvalue weighted by Crippen LogP contribution is -2.40. The van der Waals surface area contributed by atoms with Crippen molar-refractivity contribution < 1.29 is 32.6 Å². The molecule has 0 saturated carbocycles. The third-order valence-electron chi connectivity index (χ3n) is 3.19. The number of hydrogen-bond donors (Lipinski definition) is 1. The van der Waals surface area contributed by atoms with Crippen LogP contribution in [0.4, 0.5) is 0 Å². The van der Waals surface area contributed by atoms with E-state index >= 15 is 0 Å². The van der Waals surface area contributed by atoms with Crippen molar-refractivity contribution in [3.8, 4) is 5.75 Å². The largest absolute Gasteiger partial charge is 0.494 e. The summed E-state index contributed by atoms with van der Waals surface area (Å²) in [5, 5.41) is 8.95. The van der Waals surface area contributed by atoms with Gasteiger partial charge in [-0.05, 0) is 19.1 Å². The lowest BCUT2D eigenvalue weighted by molar-refractivity contribution is -0.140. The molecule has 1 atom stereocenters. The summed E-state index contributed by atoms with van der Waals surface area (Å²) in [4.78, 5) is 22.4. The normalized spacial score (nSPS) is 12.8. The molecule has 0 aromatic heterocycles. The number of carboxylic acids is 1. The summed E-state index contributed by atoms with van der Waals surface area (Å²) in [5.41, 5.74) is -0.183. The van der Waals surface area contributed by atoms with Gasteiger partial charge in [0.2, 0.25) is 10.0 Å². The van der Waals surface area contributed by atoms with Crippen LogP contribution >= 0.6 is 11.6 Å². The molecule has 1 N–H and O–H groups in total. The van der Waals surface area contributed by atoms with Crippen molar-refractivity contribution in [1.29, 1.82) is 0 Å². The van der Waals surface area contributed by atoms with Crippen LogP contribution in [0.3, 0.4) is 0 Å². The molecule has 0 fully saturated rings. The van der Waals surface area contributed by atoms with Gasteiger partial charge in [-0.15, -0.1) is 0 Å². The van der Waals surface area contributed by atoms with Gasteiger partial charge in [-0.3, -0.25) is 4.79 Å². The highest BCUT2D eigenvalue weighted by Gasteiger charge is 2.34. The molecule has 1 aromatic carbocycles. The highest BCUT2D eigenvalue weighted by atomic mass is 35.5. The van der Waals surface area contributed by atoms with Gasteiger partial charge in [0, 0.05) is 12.1 Å². The number of hydrogen-bond acceptors (Lipinski definition) is 6. The topological polar surface area (TPSA) is 110 Å². The SMILES string of the molecule is COC(=O)c1cc(Cl)cc(S(=O)(=O)N(C)C(C)C(=O)O)c1OC. The lowest BCUT2D eigenvalue weighted by atomic mass is 10.2. The van der Waals surface area contributed by atoms with E-state index in [4.69, 9.17) is 21.4 Å². The number of methoxy groups -OCH3 is 2. The Labute approximate surface area is 138 Å². The summed E-state index contributed by atoms with van der Waals surface area (Å²) in [5.74, 6) is -2.44. The van der Waals surface area contributed by atoms with Crippen LogP contribution in [0.25, 0.3) is 0 Å². The van der Waals surface area contributed by atoms with E-state index in [2.05, 4.69) is 4.74 Å². The molecule has 0 radical (unpaired) electrons. The molecule has 0 spiro atoms. The number of aliphatic carboxylic acids is 1. The number of carbonyl (C=O) groups is 2. The predicted molar refractivity (Wildman–Crippen MR) is 81.4 cm³/mol. The Balaban J connectivity index is 3.62. The van der Waals surface area contributed by atoms with E-state index in [0.29, 0.717) is 4.31 Å². The molecule has 0 aliphatic carbocycles. The van der Waals surface area contributed by atoms with E-state index in [1.54, 1.807) is 0 Å². The molecule has 0 amide bonds. The molecule has 0 aliphatic rings. The first-order valence-electron chi connectivity index (χ1n) is 6.24. The first-order valence-corrected chi connectivity index (χ1v) is 8.06. The van der Waals surface area contributed by atoms with Gasteiger partial charge in [-0.25, -0.2) is 13.2 Å². The third kappa shape index (κ3) is 3.74. The van der Waals surface area contributed by atoms with Crippen LogP contribution in [0.1, 0.15) is 17.3 Å². The van der Waals surface area contributed by atoms with Gasteiger partial charge in [0.05, 0.1) is 14.2 Å². The first kappa shape index (κ1) is 19.2. The number of sulfonamides is 1. The van der Waals surface area contributed by atoms with Gasteiger partial charge in [0.25, 0.3) is 0 Å². The van der Waals surface area contributed by atoms with Gasteiger partial charge in [-0.2, -0.15) is 4.31 Å². The highest BCUT2D eigenvalue weighted by molar-refractivity contribution is 7.89. The average Bonchev–Trinajstić information content (AvgIpc) is 2.51. The zero-order chi connectivity index (χ0) is 17.9. The first-order chi connectivity index (χ1) is 10.6. The van der Waals surface area contributed by atoms with Crippen molar-refractivity contribution in [3.63, 3.8) is 0 Å². The van der Waals surface area contributed by atoms with Gasteiger partial charge in [0.15, 0.2) is 5.75 Å². The Kier molecular flexibility index (Phi) is 5.98. The quantitative estimate of drug-likeness (QED) is 0.755. The molecule has 1 unspecified atom stereocenters. The van der Waals surface area contributed by atoms with Crippen molar-refractivity contribution in [1.82, 2.24) is 4.31 Å². The number of carbonyl (C=O) groups excluding carboxylic acids is 1. The standard InChI is InChI=1S/C13H16ClNO7S/c1-7(12(16)17)15(2)23(19,20)10-6-8(14)5-9(11(10)21-3)13(18)22-4/h5-7H,1-4H3,(H,16,17). The van der Waals surface area contributed by atoms with Crippen molar-refractivity contribution in [2.75, 3.05) is 21.3 Å². The van der Waals surface area contributed by atoms with Crippen LogP contribution in [0.15, 0.2) is 17.0 Å².